The molecule has 1 heterocycles. The van der Waals surface area contributed by atoms with Crippen LogP contribution in [0.2, 0.25) is 0 Å². The topological polar surface area (TPSA) is 67.2 Å². The third-order valence-corrected chi connectivity index (χ3v) is 6.27. The highest BCUT2D eigenvalue weighted by Crippen LogP contribution is 2.19. The number of hydrogen-bond donors (Lipinski definition) is 1. The van der Waals surface area contributed by atoms with Crippen LogP contribution in [0.4, 0.5) is 0 Å². The van der Waals surface area contributed by atoms with Crippen LogP contribution in [0.3, 0.4) is 0 Å². The van der Waals surface area contributed by atoms with Crippen LogP contribution in [-0.4, -0.2) is 36.4 Å². The summed E-state index contributed by atoms with van der Waals surface area (Å²) < 4.78 is 27.8. The minimum Gasteiger partial charge on any atom is -0.306 e. The van der Waals surface area contributed by atoms with Gasteiger partial charge in [-0.1, -0.05) is 24.3 Å². The molecule has 7 heteroatoms. The normalized spacial score (nSPS) is 13.0. The second-order valence-corrected chi connectivity index (χ2v) is 8.75. The lowest BCUT2D eigenvalue weighted by Crippen LogP contribution is -2.23. The number of imidazole rings is 1. The van der Waals surface area contributed by atoms with Gasteiger partial charge in [0.2, 0.25) is 10.0 Å². The van der Waals surface area contributed by atoms with Crippen molar-refractivity contribution in [1.29, 1.82) is 0 Å². The fourth-order valence-corrected chi connectivity index (χ4v) is 3.75. The summed E-state index contributed by atoms with van der Waals surface area (Å²) in [7, 11) is -0.349. The van der Waals surface area contributed by atoms with Gasteiger partial charge in [0.25, 0.3) is 0 Å². The maximum Gasteiger partial charge on any atom is 0.242 e. The van der Waals surface area contributed by atoms with Crippen LogP contribution in [0.25, 0.3) is 5.69 Å². The lowest BCUT2D eigenvalue weighted by Gasteiger charge is -2.17. The zero-order valence-electron chi connectivity index (χ0n) is 15.7. The fraction of sp³-hybridized carbons (Fsp3) is 0.250. The molecule has 0 saturated carbocycles. The number of sulfonamides is 1. The Hall–Kier alpha value is -2.48. The maximum atomic E-state index is 12.3. The highest BCUT2D eigenvalue weighted by molar-refractivity contribution is 7.89. The monoisotopic (exact) mass is 384 g/mol. The van der Waals surface area contributed by atoms with E-state index in [4.69, 9.17) is 0 Å². The number of benzene rings is 2. The standard InChI is InChI=1S/C20H24N4O2S/c1-16(18-7-5-8-19(13-18)24-11-10-21-15-24)22-14-17-6-4-9-20(12-17)27(25,26)23(2)3/h4-13,15-16,22H,14H2,1-3H3/t16-/m0/s1. The number of nitrogens with one attached hydrogen (secondary N) is 1. The molecule has 0 amide bonds. The molecule has 0 aliphatic heterocycles. The zero-order valence-corrected chi connectivity index (χ0v) is 16.5. The molecule has 0 aliphatic rings. The molecule has 1 N–H and O–H groups in total. The fourth-order valence-electron chi connectivity index (χ4n) is 2.78. The Kier molecular flexibility index (Phi) is 5.74. The van der Waals surface area contributed by atoms with Crippen molar-refractivity contribution in [2.75, 3.05) is 14.1 Å². The molecule has 6 nitrogen and oxygen atoms in total. The highest BCUT2D eigenvalue weighted by atomic mass is 32.2. The van der Waals surface area contributed by atoms with E-state index in [1.54, 1.807) is 30.7 Å². The lowest BCUT2D eigenvalue weighted by molar-refractivity contribution is 0.520. The van der Waals surface area contributed by atoms with Gasteiger partial charge >= 0.3 is 0 Å². The minimum absolute atomic E-state index is 0.114. The molecule has 0 saturated heterocycles. The van der Waals surface area contributed by atoms with E-state index in [1.807, 2.05) is 29.0 Å². The van der Waals surface area contributed by atoms with Crippen LogP contribution in [0, 0.1) is 0 Å². The van der Waals surface area contributed by atoms with Gasteiger partial charge in [0.15, 0.2) is 0 Å². The van der Waals surface area contributed by atoms with Gasteiger partial charge in [-0.2, -0.15) is 0 Å². The van der Waals surface area contributed by atoms with Crippen molar-refractivity contribution in [2.45, 2.75) is 24.4 Å². The molecule has 3 rings (SSSR count). The Labute approximate surface area is 160 Å². The summed E-state index contributed by atoms with van der Waals surface area (Å²) in [5, 5.41) is 3.46. The first-order valence-corrected chi connectivity index (χ1v) is 10.1. The van der Waals surface area contributed by atoms with Crippen molar-refractivity contribution in [2.24, 2.45) is 0 Å². The predicted molar refractivity (Wildman–Crippen MR) is 106 cm³/mol. The molecule has 27 heavy (non-hydrogen) atoms. The summed E-state index contributed by atoms with van der Waals surface area (Å²) in [4.78, 5) is 4.39. The Balaban J connectivity index is 1.71. The van der Waals surface area contributed by atoms with Crippen LogP contribution in [0.15, 0.2) is 72.1 Å². The van der Waals surface area contributed by atoms with Crippen molar-refractivity contribution in [3.63, 3.8) is 0 Å². The third kappa shape index (κ3) is 4.44. The Morgan fingerprint density at radius 1 is 1.15 bits per heavy atom. The SMILES string of the molecule is C[C@H](NCc1cccc(S(=O)(=O)N(C)C)c1)c1cccc(-n2ccnc2)c1. The minimum atomic E-state index is -3.42. The number of rotatable bonds is 7. The predicted octanol–water partition coefficient (Wildman–Crippen LogP) is 2.97. The molecule has 0 radical (unpaired) electrons. The largest absolute Gasteiger partial charge is 0.306 e. The Morgan fingerprint density at radius 2 is 1.93 bits per heavy atom. The third-order valence-electron chi connectivity index (χ3n) is 4.46. The maximum absolute atomic E-state index is 12.3. The number of aromatic nitrogens is 2. The summed E-state index contributed by atoms with van der Waals surface area (Å²) in [6.45, 7) is 2.67. The molecule has 1 atom stereocenters. The first-order chi connectivity index (χ1) is 12.9. The van der Waals surface area contributed by atoms with Crippen molar-refractivity contribution >= 4 is 10.0 Å². The summed E-state index contributed by atoms with van der Waals surface area (Å²) in [6.07, 6.45) is 5.44. The van der Waals surface area contributed by atoms with Gasteiger partial charge in [0.1, 0.15) is 0 Å². The molecule has 0 aliphatic carbocycles. The van der Waals surface area contributed by atoms with Crippen LogP contribution < -0.4 is 5.32 Å². The smallest absolute Gasteiger partial charge is 0.242 e. The average molecular weight is 385 g/mol. The zero-order chi connectivity index (χ0) is 19.4. The van der Waals surface area contributed by atoms with Gasteiger partial charge < -0.3 is 9.88 Å². The second kappa shape index (κ2) is 8.04. The van der Waals surface area contributed by atoms with Crippen molar-refractivity contribution in [3.8, 4) is 5.69 Å². The van der Waals surface area contributed by atoms with Gasteiger partial charge in [0.05, 0.1) is 11.2 Å². The van der Waals surface area contributed by atoms with E-state index in [-0.39, 0.29) is 6.04 Å². The van der Waals surface area contributed by atoms with Crippen molar-refractivity contribution in [1.82, 2.24) is 19.2 Å². The van der Waals surface area contributed by atoms with Crippen molar-refractivity contribution < 1.29 is 8.42 Å². The van der Waals surface area contributed by atoms with Crippen LogP contribution >= 0.6 is 0 Å². The first-order valence-electron chi connectivity index (χ1n) is 8.71. The van der Waals surface area contributed by atoms with Crippen LogP contribution in [0.1, 0.15) is 24.1 Å². The molecule has 142 valence electrons. The van der Waals surface area contributed by atoms with E-state index in [9.17, 15) is 8.42 Å². The Bertz CT molecular complexity index is 998. The van der Waals surface area contributed by atoms with E-state index in [1.165, 1.54) is 18.4 Å². The average Bonchev–Trinajstić information content (AvgIpc) is 3.21. The van der Waals surface area contributed by atoms with E-state index in [2.05, 4.69) is 29.4 Å². The summed E-state index contributed by atoms with van der Waals surface area (Å²) in [5.41, 5.74) is 3.13. The van der Waals surface area contributed by atoms with Gasteiger partial charge in [-0.3, -0.25) is 0 Å². The van der Waals surface area contributed by atoms with Gasteiger partial charge in [-0.05, 0) is 42.3 Å². The number of hydrogen-bond acceptors (Lipinski definition) is 4. The molecular weight excluding hydrogens is 360 g/mol. The van der Waals surface area contributed by atoms with E-state index < -0.39 is 10.0 Å². The molecule has 3 aromatic rings. The highest BCUT2D eigenvalue weighted by Gasteiger charge is 2.17. The lowest BCUT2D eigenvalue weighted by atomic mass is 10.1. The molecule has 0 fully saturated rings. The second-order valence-electron chi connectivity index (χ2n) is 6.60. The Morgan fingerprint density at radius 3 is 2.63 bits per heavy atom. The molecular formula is C20H24N4O2S. The summed E-state index contributed by atoms with van der Waals surface area (Å²) in [5.74, 6) is 0. The van der Waals surface area contributed by atoms with Crippen molar-refractivity contribution in [3.05, 3.63) is 78.4 Å². The molecule has 0 unspecified atom stereocenters. The van der Waals surface area contributed by atoms with Crippen LogP contribution in [0.5, 0.6) is 0 Å². The van der Waals surface area contributed by atoms with Gasteiger partial charge in [-0.15, -0.1) is 0 Å². The molecule has 1 aromatic heterocycles. The van der Waals surface area contributed by atoms with E-state index in [0.717, 1.165) is 16.8 Å². The quantitative estimate of drug-likeness (QED) is 0.680. The first kappa shape index (κ1) is 19.3. The summed E-state index contributed by atoms with van der Waals surface area (Å²) in [6, 6.07) is 15.4. The molecule has 0 bridgehead atoms. The number of nitrogens with zero attached hydrogens (tertiary/aromatic N) is 3. The van der Waals surface area contributed by atoms with E-state index in [0.29, 0.717) is 11.4 Å². The molecule has 0 spiro atoms. The van der Waals surface area contributed by atoms with Crippen LogP contribution in [-0.2, 0) is 16.6 Å². The van der Waals surface area contributed by atoms with Gasteiger partial charge in [0, 0.05) is 44.8 Å². The summed E-state index contributed by atoms with van der Waals surface area (Å²) >= 11 is 0. The van der Waals surface area contributed by atoms with Gasteiger partial charge in [-0.25, -0.2) is 17.7 Å². The molecule has 2 aromatic carbocycles. The van der Waals surface area contributed by atoms with E-state index >= 15 is 0 Å².